The molecule has 2 aliphatic heterocycles. The van der Waals surface area contributed by atoms with E-state index in [1.807, 2.05) is 29.2 Å². The number of carbonyl (C=O) groups excluding carboxylic acids is 1. The van der Waals surface area contributed by atoms with Gasteiger partial charge in [-0.25, -0.2) is 4.99 Å². The van der Waals surface area contributed by atoms with Crippen molar-refractivity contribution in [3.63, 3.8) is 0 Å². The topological polar surface area (TPSA) is 66.0 Å². The van der Waals surface area contributed by atoms with Gasteiger partial charge in [-0.1, -0.05) is 24.3 Å². The highest BCUT2D eigenvalue weighted by Gasteiger charge is 2.18. The van der Waals surface area contributed by atoms with Gasteiger partial charge < -0.3 is 20.3 Å². The second-order valence-electron chi connectivity index (χ2n) is 8.47. The number of benzene rings is 2. The smallest absolute Gasteiger partial charge is 0.253 e. The minimum absolute atomic E-state index is 0. The minimum atomic E-state index is 0. The van der Waals surface area contributed by atoms with E-state index >= 15 is 0 Å². The number of ether oxygens (including phenoxy) is 1. The number of carbonyl (C=O) groups is 1. The van der Waals surface area contributed by atoms with E-state index < -0.39 is 0 Å². The van der Waals surface area contributed by atoms with E-state index in [9.17, 15) is 4.79 Å². The molecule has 0 aromatic heterocycles. The number of rotatable bonds is 7. The predicted molar refractivity (Wildman–Crippen MR) is 144 cm³/mol. The van der Waals surface area contributed by atoms with Crippen LogP contribution >= 0.6 is 24.0 Å². The van der Waals surface area contributed by atoms with Crippen molar-refractivity contribution in [1.82, 2.24) is 15.5 Å². The molecule has 33 heavy (non-hydrogen) atoms. The molecule has 0 radical (unpaired) electrons. The summed E-state index contributed by atoms with van der Waals surface area (Å²) in [5.41, 5.74) is 4.42. The van der Waals surface area contributed by atoms with E-state index in [-0.39, 0.29) is 29.9 Å². The van der Waals surface area contributed by atoms with Crippen molar-refractivity contribution in [3.05, 3.63) is 64.7 Å². The van der Waals surface area contributed by atoms with Crippen molar-refractivity contribution in [2.24, 2.45) is 4.99 Å². The van der Waals surface area contributed by atoms with E-state index in [2.05, 4.69) is 35.8 Å². The van der Waals surface area contributed by atoms with Gasteiger partial charge in [0.15, 0.2) is 5.96 Å². The fraction of sp³-hybridized carbons (Fsp3) is 0.462. The first-order chi connectivity index (χ1) is 15.7. The summed E-state index contributed by atoms with van der Waals surface area (Å²) in [5.74, 6) is 1.96. The molecule has 6 nitrogen and oxygen atoms in total. The molecular formula is C26H35IN4O2. The molecule has 0 saturated carbocycles. The van der Waals surface area contributed by atoms with Gasteiger partial charge in [0.25, 0.3) is 5.91 Å². The van der Waals surface area contributed by atoms with E-state index in [0.29, 0.717) is 6.54 Å². The Labute approximate surface area is 214 Å². The molecule has 2 N–H and O–H groups in total. The van der Waals surface area contributed by atoms with Gasteiger partial charge in [0.1, 0.15) is 5.75 Å². The summed E-state index contributed by atoms with van der Waals surface area (Å²) in [5, 5.41) is 6.74. The van der Waals surface area contributed by atoms with Gasteiger partial charge >= 0.3 is 0 Å². The van der Waals surface area contributed by atoms with Crippen LogP contribution in [0.3, 0.4) is 0 Å². The summed E-state index contributed by atoms with van der Waals surface area (Å²) in [6.45, 7) is 6.73. The quantitative estimate of drug-likeness (QED) is 0.302. The van der Waals surface area contributed by atoms with Crippen LogP contribution < -0.4 is 15.4 Å². The number of nitrogens with one attached hydrogen (secondary N) is 2. The van der Waals surface area contributed by atoms with Crippen molar-refractivity contribution in [2.45, 2.75) is 45.6 Å². The summed E-state index contributed by atoms with van der Waals surface area (Å²) in [6, 6.07) is 14.4. The number of hydrogen-bond acceptors (Lipinski definition) is 3. The SMILES string of the molecule is CCNC(=NCc1cccc(C(=O)N2CCCCC2)c1)NCCc1ccc2c(c1)CCO2.I. The Morgan fingerprint density at radius 2 is 1.91 bits per heavy atom. The molecule has 2 aromatic carbocycles. The Balaban J connectivity index is 0.00000306. The molecule has 2 heterocycles. The highest BCUT2D eigenvalue weighted by atomic mass is 127. The number of piperidine rings is 1. The highest BCUT2D eigenvalue weighted by molar-refractivity contribution is 14.0. The maximum absolute atomic E-state index is 12.8. The lowest BCUT2D eigenvalue weighted by Crippen LogP contribution is -2.38. The Hall–Kier alpha value is -2.29. The number of guanidine groups is 1. The normalized spacial score (nSPS) is 15.3. The summed E-state index contributed by atoms with van der Waals surface area (Å²) in [6.07, 6.45) is 5.36. The molecule has 0 atom stereocenters. The van der Waals surface area contributed by atoms with Crippen LogP contribution in [0.2, 0.25) is 0 Å². The minimum Gasteiger partial charge on any atom is -0.493 e. The van der Waals surface area contributed by atoms with Gasteiger partial charge in [-0.2, -0.15) is 0 Å². The number of amides is 1. The van der Waals surface area contributed by atoms with Crippen LogP contribution in [-0.4, -0.2) is 49.6 Å². The van der Waals surface area contributed by atoms with Crippen LogP contribution in [0.4, 0.5) is 0 Å². The Morgan fingerprint density at radius 3 is 2.73 bits per heavy atom. The molecule has 7 heteroatoms. The fourth-order valence-electron chi connectivity index (χ4n) is 4.32. The Morgan fingerprint density at radius 1 is 1.06 bits per heavy atom. The van der Waals surface area contributed by atoms with E-state index in [0.717, 1.165) is 81.3 Å². The lowest BCUT2D eigenvalue weighted by molar-refractivity contribution is 0.0724. The summed E-state index contributed by atoms with van der Waals surface area (Å²) in [4.78, 5) is 19.5. The van der Waals surface area contributed by atoms with Gasteiger partial charge in [-0.3, -0.25) is 4.79 Å². The van der Waals surface area contributed by atoms with Crippen LogP contribution in [0.1, 0.15) is 53.2 Å². The first-order valence-electron chi connectivity index (χ1n) is 11.9. The first kappa shape index (κ1) is 25.3. The summed E-state index contributed by atoms with van der Waals surface area (Å²) >= 11 is 0. The van der Waals surface area contributed by atoms with E-state index in [1.165, 1.54) is 17.5 Å². The van der Waals surface area contributed by atoms with Crippen molar-refractivity contribution in [1.29, 1.82) is 0 Å². The zero-order valence-electron chi connectivity index (χ0n) is 19.4. The Kier molecular flexibility index (Phi) is 9.84. The number of halogens is 1. The predicted octanol–water partition coefficient (Wildman–Crippen LogP) is 4.16. The average Bonchev–Trinajstić information content (AvgIpc) is 3.31. The van der Waals surface area contributed by atoms with E-state index in [4.69, 9.17) is 9.73 Å². The largest absolute Gasteiger partial charge is 0.493 e. The zero-order chi connectivity index (χ0) is 22.2. The molecule has 178 valence electrons. The number of aliphatic imine (C=N–C) groups is 1. The standard InChI is InChI=1S/C26H34N4O2.HI/c1-2-27-26(28-13-11-20-9-10-24-22(17-20)12-16-32-24)29-19-21-7-6-8-23(18-21)25(31)30-14-4-3-5-15-30;/h6-10,17-18H,2-5,11-16,19H2,1H3,(H2,27,28,29);1H. The second-order valence-corrected chi connectivity index (χ2v) is 8.47. The third-order valence-electron chi connectivity index (χ3n) is 6.04. The maximum Gasteiger partial charge on any atom is 0.253 e. The lowest BCUT2D eigenvalue weighted by atomic mass is 10.1. The first-order valence-corrected chi connectivity index (χ1v) is 11.9. The molecule has 2 aliphatic rings. The molecule has 1 amide bonds. The van der Waals surface area contributed by atoms with Crippen LogP contribution in [0.25, 0.3) is 0 Å². The molecule has 1 fully saturated rings. The van der Waals surface area contributed by atoms with Crippen molar-refractivity contribution in [2.75, 3.05) is 32.8 Å². The maximum atomic E-state index is 12.8. The monoisotopic (exact) mass is 562 g/mol. The molecule has 1 saturated heterocycles. The molecule has 0 spiro atoms. The second kappa shape index (κ2) is 12.8. The molecular weight excluding hydrogens is 527 g/mol. The van der Waals surface area contributed by atoms with Crippen molar-refractivity contribution >= 4 is 35.8 Å². The summed E-state index contributed by atoms with van der Waals surface area (Å²) in [7, 11) is 0. The highest BCUT2D eigenvalue weighted by Crippen LogP contribution is 2.25. The van der Waals surface area contributed by atoms with Crippen molar-refractivity contribution < 1.29 is 9.53 Å². The number of hydrogen-bond donors (Lipinski definition) is 2. The molecule has 0 unspecified atom stereocenters. The third-order valence-corrected chi connectivity index (χ3v) is 6.04. The average molecular weight is 562 g/mol. The van der Waals surface area contributed by atoms with Gasteiger partial charge in [0.2, 0.25) is 0 Å². The lowest BCUT2D eigenvalue weighted by Gasteiger charge is -2.26. The third kappa shape index (κ3) is 7.09. The van der Waals surface area contributed by atoms with Gasteiger partial charge in [0.05, 0.1) is 13.2 Å². The molecule has 4 rings (SSSR count). The van der Waals surface area contributed by atoms with Gasteiger partial charge in [-0.15, -0.1) is 24.0 Å². The number of nitrogens with zero attached hydrogens (tertiary/aromatic N) is 2. The van der Waals surface area contributed by atoms with Gasteiger partial charge in [-0.05, 0) is 67.5 Å². The molecule has 0 aliphatic carbocycles. The van der Waals surface area contributed by atoms with E-state index in [1.54, 1.807) is 0 Å². The fourth-order valence-corrected chi connectivity index (χ4v) is 4.32. The van der Waals surface area contributed by atoms with Crippen LogP contribution in [-0.2, 0) is 19.4 Å². The van der Waals surface area contributed by atoms with Gasteiger partial charge in [0, 0.05) is 38.2 Å². The summed E-state index contributed by atoms with van der Waals surface area (Å²) < 4.78 is 5.59. The van der Waals surface area contributed by atoms with Crippen LogP contribution in [0, 0.1) is 0 Å². The molecule has 0 bridgehead atoms. The molecule has 2 aromatic rings. The number of likely N-dealkylation sites (tertiary alicyclic amines) is 1. The van der Waals surface area contributed by atoms with Crippen LogP contribution in [0.15, 0.2) is 47.5 Å². The number of fused-ring (bicyclic) bond motifs is 1. The zero-order valence-corrected chi connectivity index (χ0v) is 21.8. The van der Waals surface area contributed by atoms with Crippen LogP contribution in [0.5, 0.6) is 5.75 Å². The van der Waals surface area contributed by atoms with Crippen molar-refractivity contribution in [3.8, 4) is 5.75 Å². The Bertz CT molecular complexity index is 957.